The van der Waals surface area contributed by atoms with Crippen molar-refractivity contribution in [2.45, 2.75) is 19.8 Å². The summed E-state index contributed by atoms with van der Waals surface area (Å²) >= 11 is 0. The number of aromatic amines is 1. The fourth-order valence-corrected chi connectivity index (χ4v) is 1.85. The van der Waals surface area contributed by atoms with Gasteiger partial charge in [0.1, 0.15) is 0 Å². The fraction of sp³-hybridized carbons (Fsp3) is 0.286. The Morgan fingerprint density at radius 2 is 2.28 bits per heavy atom. The molecule has 92 valence electrons. The van der Waals surface area contributed by atoms with Crippen LogP contribution in [0.25, 0.3) is 15.7 Å². The molecule has 0 aliphatic heterocycles. The summed E-state index contributed by atoms with van der Waals surface area (Å²) in [4.78, 5) is 17.9. The number of benzene rings is 1. The topological polar surface area (TPSA) is 46.5 Å². The SMILES string of the molecule is [C-]#[N+]c1ccc2[nH]c(CCC(=O)OCC)cc2c1. The minimum absolute atomic E-state index is 0.182. The van der Waals surface area contributed by atoms with E-state index in [1.165, 1.54) is 0 Å². The molecule has 0 bridgehead atoms. The van der Waals surface area contributed by atoms with Crippen molar-refractivity contribution in [3.8, 4) is 0 Å². The summed E-state index contributed by atoms with van der Waals surface area (Å²) in [5.41, 5.74) is 2.60. The largest absolute Gasteiger partial charge is 0.466 e. The maximum absolute atomic E-state index is 11.3. The summed E-state index contributed by atoms with van der Waals surface area (Å²) in [5, 5.41) is 1.00. The number of nitrogens with zero attached hydrogens (tertiary/aromatic N) is 1. The van der Waals surface area contributed by atoms with Gasteiger partial charge in [0.05, 0.1) is 19.6 Å². The van der Waals surface area contributed by atoms with Gasteiger partial charge in [-0.1, -0.05) is 6.07 Å². The van der Waals surface area contributed by atoms with E-state index in [4.69, 9.17) is 11.3 Å². The Morgan fingerprint density at radius 1 is 1.44 bits per heavy atom. The van der Waals surface area contributed by atoms with E-state index in [0.29, 0.717) is 25.1 Å². The number of aromatic nitrogens is 1. The minimum atomic E-state index is -0.182. The normalized spacial score (nSPS) is 10.2. The number of hydrogen-bond donors (Lipinski definition) is 1. The van der Waals surface area contributed by atoms with E-state index in [0.717, 1.165) is 16.6 Å². The Balaban J connectivity index is 2.11. The number of nitrogens with one attached hydrogen (secondary N) is 1. The van der Waals surface area contributed by atoms with Crippen molar-refractivity contribution < 1.29 is 9.53 Å². The molecule has 0 saturated heterocycles. The number of esters is 1. The molecule has 0 radical (unpaired) electrons. The third-order valence-corrected chi connectivity index (χ3v) is 2.69. The average Bonchev–Trinajstić information content (AvgIpc) is 2.78. The molecular formula is C14H14N2O2. The second-order valence-electron chi connectivity index (χ2n) is 3.98. The third-order valence-electron chi connectivity index (χ3n) is 2.69. The van der Waals surface area contributed by atoms with Gasteiger partial charge in [-0.3, -0.25) is 4.79 Å². The average molecular weight is 242 g/mol. The summed E-state index contributed by atoms with van der Waals surface area (Å²) in [5.74, 6) is -0.182. The molecule has 0 spiro atoms. The first-order chi connectivity index (χ1) is 8.72. The number of fused-ring (bicyclic) bond motifs is 1. The van der Waals surface area contributed by atoms with E-state index in [1.54, 1.807) is 13.0 Å². The van der Waals surface area contributed by atoms with Crippen LogP contribution < -0.4 is 0 Å². The van der Waals surface area contributed by atoms with Crippen molar-refractivity contribution in [2.75, 3.05) is 6.61 Å². The van der Waals surface area contributed by atoms with Crippen LogP contribution in [0.5, 0.6) is 0 Å². The fourth-order valence-electron chi connectivity index (χ4n) is 1.85. The molecule has 2 rings (SSSR count). The van der Waals surface area contributed by atoms with Gasteiger partial charge in [0.15, 0.2) is 5.69 Å². The second kappa shape index (κ2) is 5.37. The smallest absolute Gasteiger partial charge is 0.306 e. The minimum Gasteiger partial charge on any atom is -0.466 e. The van der Waals surface area contributed by atoms with E-state index >= 15 is 0 Å². The van der Waals surface area contributed by atoms with Crippen LogP contribution in [0.4, 0.5) is 5.69 Å². The van der Waals surface area contributed by atoms with Crippen LogP contribution in [-0.4, -0.2) is 17.6 Å². The Labute approximate surface area is 105 Å². The second-order valence-corrected chi connectivity index (χ2v) is 3.98. The molecule has 0 aliphatic carbocycles. The number of H-pyrrole nitrogens is 1. The van der Waals surface area contributed by atoms with Crippen molar-refractivity contribution in [1.82, 2.24) is 4.98 Å². The lowest BCUT2D eigenvalue weighted by molar-refractivity contribution is -0.143. The molecule has 18 heavy (non-hydrogen) atoms. The molecule has 1 heterocycles. The zero-order chi connectivity index (χ0) is 13.0. The third kappa shape index (κ3) is 2.69. The standard InChI is InChI=1S/C14H14N2O2/c1-3-18-14(17)7-5-12-9-10-8-11(15-2)4-6-13(10)16-12/h4,6,8-9,16H,3,5,7H2,1H3. The summed E-state index contributed by atoms with van der Waals surface area (Å²) in [7, 11) is 0. The molecule has 1 aromatic carbocycles. The highest BCUT2D eigenvalue weighted by atomic mass is 16.5. The first-order valence-corrected chi connectivity index (χ1v) is 5.87. The lowest BCUT2D eigenvalue weighted by Crippen LogP contribution is -2.05. The van der Waals surface area contributed by atoms with Crippen molar-refractivity contribution in [3.63, 3.8) is 0 Å². The number of rotatable bonds is 4. The van der Waals surface area contributed by atoms with Crippen LogP contribution in [0.3, 0.4) is 0 Å². The molecule has 1 aromatic heterocycles. The van der Waals surface area contributed by atoms with Gasteiger partial charge < -0.3 is 9.72 Å². The lowest BCUT2D eigenvalue weighted by atomic mass is 10.2. The maximum Gasteiger partial charge on any atom is 0.306 e. The van der Waals surface area contributed by atoms with Gasteiger partial charge in [-0.2, -0.15) is 0 Å². The molecule has 0 fully saturated rings. The summed E-state index contributed by atoms with van der Waals surface area (Å²) < 4.78 is 4.88. The Morgan fingerprint density at radius 3 is 3.00 bits per heavy atom. The number of carbonyl (C=O) groups is 1. The highest BCUT2D eigenvalue weighted by molar-refractivity contribution is 5.84. The number of ether oxygens (including phenoxy) is 1. The van der Waals surface area contributed by atoms with Crippen LogP contribution in [-0.2, 0) is 16.0 Å². The highest BCUT2D eigenvalue weighted by Crippen LogP contribution is 2.22. The van der Waals surface area contributed by atoms with Crippen molar-refractivity contribution >= 4 is 22.6 Å². The van der Waals surface area contributed by atoms with Gasteiger partial charge in [-0.15, -0.1) is 0 Å². The van der Waals surface area contributed by atoms with Gasteiger partial charge in [0.25, 0.3) is 0 Å². The summed E-state index contributed by atoms with van der Waals surface area (Å²) in [6.45, 7) is 9.18. The Bertz CT molecular complexity index is 608. The van der Waals surface area contributed by atoms with Gasteiger partial charge in [0.2, 0.25) is 0 Å². The first-order valence-electron chi connectivity index (χ1n) is 5.87. The van der Waals surface area contributed by atoms with Crippen LogP contribution in [0.15, 0.2) is 24.3 Å². The van der Waals surface area contributed by atoms with Gasteiger partial charge in [0, 0.05) is 11.2 Å². The van der Waals surface area contributed by atoms with E-state index in [1.807, 2.05) is 18.2 Å². The Kier molecular flexibility index (Phi) is 3.63. The number of aryl methyl sites for hydroxylation is 1. The zero-order valence-electron chi connectivity index (χ0n) is 10.2. The van der Waals surface area contributed by atoms with Gasteiger partial charge in [-0.05, 0) is 36.9 Å². The number of carbonyl (C=O) groups excluding carboxylic acids is 1. The zero-order valence-corrected chi connectivity index (χ0v) is 10.2. The molecule has 4 nitrogen and oxygen atoms in total. The predicted octanol–water partition coefficient (Wildman–Crippen LogP) is 3.21. The molecular weight excluding hydrogens is 228 g/mol. The highest BCUT2D eigenvalue weighted by Gasteiger charge is 2.05. The van der Waals surface area contributed by atoms with E-state index < -0.39 is 0 Å². The van der Waals surface area contributed by atoms with Crippen LogP contribution in [0, 0.1) is 6.57 Å². The maximum atomic E-state index is 11.3. The van der Waals surface area contributed by atoms with E-state index in [-0.39, 0.29) is 5.97 Å². The van der Waals surface area contributed by atoms with Gasteiger partial charge >= 0.3 is 5.97 Å². The molecule has 1 N–H and O–H groups in total. The molecule has 2 aromatic rings. The van der Waals surface area contributed by atoms with Crippen LogP contribution >= 0.6 is 0 Å². The van der Waals surface area contributed by atoms with Crippen molar-refractivity contribution in [2.24, 2.45) is 0 Å². The Hall–Kier alpha value is -2.28. The predicted molar refractivity (Wildman–Crippen MR) is 69.5 cm³/mol. The first kappa shape index (κ1) is 12.2. The van der Waals surface area contributed by atoms with Crippen LogP contribution in [0.1, 0.15) is 19.0 Å². The molecule has 0 aliphatic rings. The quantitative estimate of drug-likeness (QED) is 0.661. The molecule has 0 unspecified atom stereocenters. The lowest BCUT2D eigenvalue weighted by Gasteiger charge is -1.99. The monoisotopic (exact) mass is 242 g/mol. The molecule has 4 heteroatoms. The summed E-state index contributed by atoms with van der Waals surface area (Å²) in [6.07, 6.45) is 0.997. The molecule has 0 atom stereocenters. The van der Waals surface area contributed by atoms with Crippen molar-refractivity contribution in [3.05, 3.63) is 41.4 Å². The van der Waals surface area contributed by atoms with Crippen LogP contribution in [0.2, 0.25) is 0 Å². The van der Waals surface area contributed by atoms with Crippen molar-refractivity contribution in [1.29, 1.82) is 0 Å². The molecule has 0 amide bonds. The van der Waals surface area contributed by atoms with E-state index in [2.05, 4.69) is 9.83 Å². The number of hydrogen-bond acceptors (Lipinski definition) is 2. The van der Waals surface area contributed by atoms with Gasteiger partial charge in [-0.25, -0.2) is 4.85 Å². The molecule has 0 saturated carbocycles. The van der Waals surface area contributed by atoms with E-state index in [9.17, 15) is 4.79 Å². The summed E-state index contributed by atoms with van der Waals surface area (Å²) in [6, 6.07) is 7.48.